The van der Waals surface area contributed by atoms with Gasteiger partial charge in [-0.2, -0.15) is 0 Å². The fourth-order valence-electron chi connectivity index (χ4n) is 5.23. The normalized spacial score (nSPS) is 23.4. The number of hydrogen-bond acceptors (Lipinski definition) is 3. The van der Waals surface area contributed by atoms with Crippen LogP contribution in [0.3, 0.4) is 0 Å². The van der Waals surface area contributed by atoms with Gasteiger partial charge in [-0.05, 0) is 61.3 Å². The van der Waals surface area contributed by atoms with E-state index in [-0.39, 0.29) is 12.1 Å². The zero-order chi connectivity index (χ0) is 21.3. The van der Waals surface area contributed by atoms with Gasteiger partial charge in [-0.15, -0.1) is 0 Å². The molecule has 1 aromatic carbocycles. The molecule has 0 radical (unpaired) electrons. The van der Waals surface area contributed by atoms with Crippen LogP contribution in [-0.4, -0.2) is 23.8 Å². The Bertz CT molecular complexity index is 885. The zero-order valence-corrected chi connectivity index (χ0v) is 18.8. The molecule has 0 bridgehead atoms. The number of esters is 1. The van der Waals surface area contributed by atoms with E-state index in [0.717, 1.165) is 49.2 Å². The quantitative estimate of drug-likeness (QED) is 0.523. The second-order valence-corrected chi connectivity index (χ2v) is 9.40. The van der Waals surface area contributed by atoms with Gasteiger partial charge in [0.2, 0.25) is 0 Å². The average molecular weight is 412 g/mol. The molecule has 5 nitrogen and oxygen atoms in total. The molecule has 0 spiro atoms. The van der Waals surface area contributed by atoms with Gasteiger partial charge >= 0.3 is 5.97 Å². The predicted octanol–water partition coefficient (Wildman–Crippen LogP) is 4.40. The number of carbonyl (C=O) groups excluding carboxylic acids is 1. The van der Waals surface area contributed by atoms with Gasteiger partial charge in [0.15, 0.2) is 12.2 Å². The molecule has 0 amide bonds. The smallest absolute Gasteiger partial charge is 0.348 e. The number of nitrogens with zero attached hydrogens (tertiary/aromatic N) is 2. The van der Waals surface area contributed by atoms with E-state index in [1.54, 1.807) is 7.11 Å². The van der Waals surface area contributed by atoms with Crippen LogP contribution in [0.4, 0.5) is 0 Å². The first-order chi connectivity index (χ1) is 14.5. The standard InChI is InChI=1S/C25H35N2O3/c1-17(2)21-12-7-18(3)14-23(21)30-25(28)16-26-15-22(27-13-5-6-24(26)27)19-8-10-20(29-4)11-9-19/h8-11,15,17-18,21,23H,5-7,12-14,16H2,1-4H3/q+1/t18-,21+,23-/m0/s1. The maximum atomic E-state index is 12.9. The number of benzene rings is 1. The van der Waals surface area contributed by atoms with Gasteiger partial charge in [0.05, 0.1) is 20.1 Å². The summed E-state index contributed by atoms with van der Waals surface area (Å²) in [7, 11) is 1.68. The molecule has 1 saturated carbocycles. The maximum Gasteiger partial charge on any atom is 0.348 e. The van der Waals surface area contributed by atoms with Crippen LogP contribution in [0.15, 0.2) is 30.5 Å². The fourth-order valence-corrected chi connectivity index (χ4v) is 5.23. The van der Waals surface area contributed by atoms with Gasteiger partial charge in [-0.1, -0.05) is 27.2 Å². The number of rotatable bonds is 6. The number of carbonyl (C=O) groups is 1. The molecule has 5 heteroatoms. The van der Waals surface area contributed by atoms with E-state index in [9.17, 15) is 4.79 Å². The minimum atomic E-state index is -0.105. The Kier molecular flexibility index (Phi) is 6.16. The first-order valence-electron chi connectivity index (χ1n) is 11.4. The molecule has 2 heterocycles. The Labute approximate surface area is 180 Å². The van der Waals surface area contributed by atoms with E-state index < -0.39 is 0 Å². The molecule has 1 aromatic heterocycles. The van der Waals surface area contributed by atoms with Gasteiger partial charge in [-0.3, -0.25) is 0 Å². The van der Waals surface area contributed by atoms with Crippen molar-refractivity contribution >= 4 is 5.97 Å². The second-order valence-electron chi connectivity index (χ2n) is 9.40. The molecule has 30 heavy (non-hydrogen) atoms. The number of methoxy groups -OCH3 is 1. The predicted molar refractivity (Wildman–Crippen MR) is 116 cm³/mol. The van der Waals surface area contributed by atoms with E-state index in [0.29, 0.717) is 24.3 Å². The van der Waals surface area contributed by atoms with Crippen LogP contribution in [0.25, 0.3) is 11.3 Å². The molecular weight excluding hydrogens is 376 g/mol. The largest absolute Gasteiger partial charge is 0.497 e. The van der Waals surface area contributed by atoms with Crippen molar-refractivity contribution in [3.8, 4) is 17.0 Å². The van der Waals surface area contributed by atoms with E-state index in [1.165, 1.54) is 12.2 Å². The minimum absolute atomic E-state index is 0.0542. The maximum absolute atomic E-state index is 12.9. The SMILES string of the molecule is COc1ccc(-c2c[n+](CC(=O)O[C@H]3C[C@@H](C)CC[C@@H]3C(C)C)c3n2CCC3)cc1. The number of fused-ring (bicyclic) bond motifs is 1. The number of imidazole rings is 1. The third-order valence-electron chi connectivity index (χ3n) is 6.92. The fraction of sp³-hybridized carbons (Fsp3) is 0.600. The van der Waals surface area contributed by atoms with E-state index in [2.05, 4.69) is 48.2 Å². The number of aromatic nitrogens is 2. The molecule has 0 unspecified atom stereocenters. The van der Waals surface area contributed by atoms with Gasteiger partial charge in [0.1, 0.15) is 18.1 Å². The van der Waals surface area contributed by atoms with Crippen LogP contribution in [0, 0.1) is 17.8 Å². The molecule has 1 aliphatic heterocycles. The minimum Gasteiger partial charge on any atom is -0.497 e. The van der Waals surface area contributed by atoms with Crippen LogP contribution in [-0.2, 0) is 29.0 Å². The number of hydrogen-bond donors (Lipinski definition) is 0. The van der Waals surface area contributed by atoms with E-state index in [1.807, 2.05) is 12.1 Å². The zero-order valence-electron chi connectivity index (χ0n) is 18.8. The highest BCUT2D eigenvalue weighted by Gasteiger charge is 2.35. The van der Waals surface area contributed by atoms with Crippen LogP contribution >= 0.6 is 0 Å². The molecule has 0 saturated heterocycles. The monoisotopic (exact) mass is 411 g/mol. The summed E-state index contributed by atoms with van der Waals surface area (Å²) in [5.41, 5.74) is 2.30. The van der Waals surface area contributed by atoms with Crippen molar-refractivity contribution in [3.05, 3.63) is 36.3 Å². The van der Waals surface area contributed by atoms with Gasteiger partial charge in [0.25, 0.3) is 5.82 Å². The molecule has 3 atom stereocenters. The van der Waals surface area contributed by atoms with Gasteiger partial charge in [0, 0.05) is 5.56 Å². The lowest BCUT2D eigenvalue weighted by Crippen LogP contribution is -2.43. The van der Waals surface area contributed by atoms with Crippen molar-refractivity contribution < 1.29 is 18.8 Å². The van der Waals surface area contributed by atoms with Crippen molar-refractivity contribution in [2.24, 2.45) is 17.8 Å². The topological polar surface area (TPSA) is 44.3 Å². The Morgan fingerprint density at radius 1 is 1.23 bits per heavy atom. The lowest BCUT2D eigenvalue weighted by atomic mass is 9.75. The van der Waals surface area contributed by atoms with Crippen LogP contribution < -0.4 is 9.30 Å². The summed E-state index contributed by atoms with van der Waals surface area (Å²) in [6.07, 6.45) is 7.67. The first kappa shape index (κ1) is 21.0. The molecule has 2 aromatic rings. The van der Waals surface area contributed by atoms with E-state index in [4.69, 9.17) is 9.47 Å². The van der Waals surface area contributed by atoms with Crippen molar-refractivity contribution in [2.45, 2.75) is 72.1 Å². The van der Waals surface area contributed by atoms with Crippen LogP contribution in [0.2, 0.25) is 0 Å². The third-order valence-corrected chi connectivity index (χ3v) is 6.92. The summed E-state index contributed by atoms with van der Waals surface area (Å²) in [4.78, 5) is 12.9. The average Bonchev–Trinajstić information content (AvgIpc) is 3.32. The summed E-state index contributed by atoms with van der Waals surface area (Å²) in [6, 6.07) is 8.14. The summed E-state index contributed by atoms with van der Waals surface area (Å²) in [5.74, 6) is 3.62. The summed E-state index contributed by atoms with van der Waals surface area (Å²) in [6.45, 7) is 8.06. The Morgan fingerprint density at radius 3 is 2.70 bits per heavy atom. The Hall–Kier alpha value is -2.30. The van der Waals surface area contributed by atoms with Crippen molar-refractivity contribution in [2.75, 3.05) is 7.11 Å². The highest BCUT2D eigenvalue weighted by molar-refractivity contribution is 5.68. The lowest BCUT2D eigenvalue weighted by molar-refractivity contribution is -0.692. The van der Waals surface area contributed by atoms with Gasteiger partial charge < -0.3 is 9.47 Å². The highest BCUT2D eigenvalue weighted by Crippen LogP contribution is 2.35. The number of ether oxygens (including phenoxy) is 2. The Morgan fingerprint density at radius 2 is 2.00 bits per heavy atom. The molecule has 0 N–H and O–H groups in total. The summed E-state index contributed by atoms with van der Waals surface area (Å²) < 4.78 is 15.8. The van der Waals surface area contributed by atoms with Crippen LogP contribution in [0.1, 0.15) is 52.3 Å². The highest BCUT2D eigenvalue weighted by atomic mass is 16.5. The molecule has 1 aliphatic carbocycles. The molecule has 4 rings (SSSR count). The second kappa shape index (κ2) is 8.83. The van der Waals surface area contributed by atoms with Crippen molar-refractivity contribution in [3.63, 3.8) is 0 Å². The lowest BCUT2D eigenvalue weighted by Gasteiger charge is -2.36. The first-order valence-corrected chi connectivity index (χ1v) is 11.4. The summed E-state index contributed by atoms with van der Waals surface area (Å²) in [5, 5.41) is 0. The van der Waals surface area contributed by atoms with E-state index >= 15 is 0 Å². The summed E-state index contributed by atoms with van der Waals surface area (Å²) >= 11 is 0. The molecular formula is C25H35N2O3+. The van der Waals surface area contributed by atoms with Crippen LogP contribution in [0.5, 0.6) is 5.75 Å². The van der Waals surface area contributed by atoms with Crippen molar-refractivity contribution in [1.29, 1.82) is 0 Å². The Balaban J connectivity index is 1.51. The van der Waals surface area contributed by atoms with Crippen molar-refractivity contribution in [1.82, 2.24) is 4.57 Å². The molecule has 1 fully saturated rings. The third kappa shape index (κ3) is 4.26. The molecule has 2 aliphatic rings. The molecule has 162 valence electrons. The van der Waals surface area contributed by atoms with Gasteiger partial charge in [-0.25, -0.2) is 13.9 Å².